The average molecular weight is 533 g/mol. The van der Waals surface area contributed by atoms with Gasteiger partial charge in [-0.3, -0.25) is 9.10 Å². The number of rotatable bonds is 10. The van der Waals surface area contributed by atoms with Gasteiger partial charge < -0.3 is 10.1 Å². The average Bonchev–Trinajstić information content (AvgIpc) is 2.83. The van der Waals surface area contributed by atoms with Gasteiger partial charge in [-0.2, -0.15) is 13.2 Å². The van der Waals surface area contributed by atoms with Crippen molar-refractivity contribution in [3.63, 3.8) is 0 Å². The van der Waals surface area contributed by atoms with Gasteiger partial charge in [-0.1, -0.05) is 49.1 Å². The second-order valence-electron chi connectivity index (χ2n) is 8.32. The summed E-state index contributed by atoms with van der Waals surface area (Å²) in [6.45, 7) is -0.0424. The molecule has 0 aromatic heterocycles. The maximum absolute atomic E-state index is 13.3. The molecule has 0 aliphatic heterocycles. The molecule has 192 valence electrons. The molecule has 1 N–H and O–H groups in total. The Balaban J connectivity index is 1.74. The van der Waals surface area contributed by atoms with E-state index in [9.17, 15) is 26.4 Å². The number of nitrogens with zero attached hydrogens (tertiary/aromatic N) is 1. The van der Waals surface area contributed by atoms with Gasteiger partial charge in [0.1, 0.15) is 6.54 Å². The molecule has 2 aromatic carbocycles. The standard InChI is InChI=1S/C24H28ClF3N2O4S/c25-21-13-12-18(24(26,27)28)16-22(21)30(35(32,33)20-10-5-2-6-11-20)17-23(31)29-14-7-15-34-19-8-3-1-4-9-19/h2,5-6,10-13,16,19H,1,3-4,7-9,14-15,17H2,(H,29,31). The summed E-state index contributed by atoms with van der Waals surface area (Å²) in [5, 5.41) is 2.39. The van der Waals surface area contributed by atoms with Gasteiger partial charge in [0.25, 0.3) is 10.0 Å². The Morgan fingerprint density at radius 1 is 1.09 bits per heavy atom. The molecule has 1 fully saturated rings. The van der Waals surface area contributed by atoms with Crippen LogP contribution in [-0.2, 0) is 25.7 Å². The molecule has 0 atom stereocenters. The van der Waals surface area contributed by atoms with Crippen LogP contribution in [0.2, 0.25) is 5.02 Å². The van der Waals surface area contributed by atoms with Crippen LogP contribution in [0.25, 0.3) is 0 Å². The van der Waals surface area contributed by atoms with Gasteiger partial charge in [0.15, 0.2) is 0 Å². The number of amides is 1. The molecule has 1 aliphatic rings. The van der Waals surface area contributed by atoms with Gasteiger partial charge in [0.05, 0.1) is 27.3 Å². The lowest BCUT2D eigenvalue weighted by atomic mass is 9.98. The number of sulfonamides is 1. The molecular formula is C24H28ClF3N2O4S. The molecule has 3 rings (SSSR count). The predicted molar refractivity (Wildman–Crippen MR) is 128 cm³/mol. The Hall–Kier alpha value is -2.30. The minimum absolute atomic E-state index is 0.179. The number of carbonyl (C=O) groups is 1. The molecule has 0 spiro atoms. The van der Waals surface area contributed by atoms with Crippen LogP contribution in [0.5, 0.6) is 0 Å². The molecule has 1 saturated carbocycles. The zero-order valence-corrected chi connectivity index (χ0v) is 20.6. The van der Waals surface area contributed by atoms with Crippen LogP contribution in [0.1, 0.15) is 44.1 Å². The summed E-state index contributed by atoms with van der Waals surface area (Å²) in [4.78, 5) is 12.5. The molecule has 0 unspecified atom stereocenters. The third-order valence-electron chi connectivity index (χ3n) is 5.71. The van der Waals surface area contributed by atoms with Crippen molar-refractivity contribution in [2.75, 3.05) is 24.0 Å². The number of carbonyl (C=O) groups excluding carboxylic acids is 1. The third-order valence-corrected chi connectivity index (χ3v) is 7.80. The Labute approximate surface area is 208 Å². The topological polar surface area (TPSA) is 75.7 Å². The van der Waals surface area contributed by atoms with Crippen molar-refractivity contribution in [3.05, 3.63) is 59.1 Å². The number of benzene rings is 2. The monoisotopic (exact) mass is 532 g/mol. The number of hydrogen-bond donors (Lipinski definition) is 1. The van der Waals surface area contributed by atoms with E-state index in [1.165, 1.54) is 30.7 Å². The van der Waals surface area contributed by atoms with Crippen LogP contribution in [-0.4, -0.2) is 40.1 Å². The van der Waals surface area contributed by atoms with E-state index in [1.54, 1.807) is 6.07 Å². The van der Waals surface area contributed by atoms with Gasteiger partial charge in [0.2, 0.25) is 5.91 Å². The van der Waals surface area contributed by atoms with Crippen LogP contribution in [0.4, 0.5) is 18.9 Å². The highest BCUT2D eigenvalue weighted by Crippen LogP contribution is 2.37. The van der Waals surface area contributed by atoms with Crippen molar-refractivity contribution < 1.29 is 31.1 Å². The number of ether oxygens (including phenoxy) is 1. The number of hydrogen-bond acceptors (Lipinski definition) is 4. The molecular weight excluding hydrogens is 505 g/mol. The van der Waals surface area contributed by atoms with Gasteiger partial charge >= 0.3 is 6.18 Å². The fourth-order valence-corrected chi connectivity index (χ4v) is 5.59. The first-order valence-corrected chi connectivity index (χ1v) is 13.2. The Kier molecular flexibility index (Phi) is 9.43. The number of nitrogens with one attached hydrogen (secondary N) is 1. The summed E-state index contributed by atoms with van der Waals surface area (Å²) >= 11 is 6.12. The van der Waals surface area contributed by atoms with Gasteiger partial charge in [-0.25, -0.2) is 8.42 Å². The summed E-state index contributed by atoms with van der Waals surface area (Å²) < 4.78 is 73.0. The second kappa shape index (κ2) is 12.1. The fourth-order valence-electron chi connectivity index (χ4n) is 3.87. The highest BCUT2D eigenvalue weighted by Gasteiger charge is 2.34. The molecule has 6 nitrogen and oxygen atoms in total. The molecule has 0 saturated heterocycles. The summed E-state index contributed by atoms with van der Waals surface area (Å²) in [5.74, 6) is -0.671. The lowest BCUT2D eigenvalue weighted by Crippen LogP contribution is -2.41. The maximum atomic E-state index is 13.3. The van der Waals surface area contributed by atoms with E-state index in [4.69, 9.17) is 16.3 Å². The Bertz CT molecular complexity index is 1090. The quantitative estimate of drug-likeness (QED) is 0.415. The smallest absolute Gasteiger partial charge is 0.378 e. The first kappa shape index (κ1) is 27.3. The zero-order valence-electron chi connectivity index (χ0n) is 19.1. The van der Waals surface area contributed by atoms with Crippen molar-refractivity contribution >= 4 is 33.2 Å². The van der Waals surface area contributed by atoms with Gasteiger partial charge in [-0.15, -0.1) is 0 Å². The minimum Gasteiger partial charge on any atom is -0.378 e. The molecule has 0 heterocycles. The van der Waals surface area contributed by atoms with Crippen LogP contribution in [0, 0.1) is 0 Å². The lowest BCUT2D eigenvalue weighted by molar-refractivity contribution is -0.137. The molecule has 1 amide bonds. The third kappa shape index (κ3) is 7.59. The van der Waals surface area contributed by atoms with E-state index in [0.29, 0.717) is 23.4 Å². The highest BCUT2D eigenvalue weighted by molar-refractivity contribution is 7.92. The largest absolute Gasteiger partial charge is 0.416 e. The Morgan fingerprint density at radius 2 is 1.77 bits per heavy atom. The predicted octanol–water partition coefficient (Wildman–Crippen LogP) is 5.41. The fraction of sp³-hybridized carbons (Fsp3) is 0.458. The maximum Gasteiger partial charge on any atom is 0.416 e. The molecule has 2 aromatic rings. The van der Waals surface area contributed by atoms with Crippen molar-refractivity contribution in [3.8, 4) is 0 Å². The zero-order chi connectivity index (χ0) is 25.5. The van der Waals surface area contributed by atoms with E-state index in [1.807, 2.05) is 0 Å². The summed E-state index contributed by atoms with van der Waals surface area (Å²) in [6, 6.07) is 9.50. The van der Waals surface area contributed by atoms with Crippen molar-refractivity contribution in [2.45, 2.75) is 55.7 Å². The van der Waals surface area contributed by atoms with Crippen LogP contribution in [0.15, 0.2) is 53.4 Å². The second-order valence-corrected chi connectivity index (χ2v) is 10.6. The van der Waals surface area contributed by atoms with E-state index in [2.05, 4.69) is 5.32 Å². The normalized spacial score (nSPS) is 15.1. The SMILES string of the molecule is O=C(CN(c1cc(C(F)(F)F)ccc1Cl)S(=O)(=O)c1ccccc1)NCCCOC1CCCCC1. The van der Waals surface area contributed by atoms with Gasteiger partial charge in [-0.05, 0) is 49.6 Å². The summed E-state index contributed by atoms with van der Waals surface area (Å²) in [6.07, 6.45) is 1.59. The number of alkyl halides is 3. The van der Waals surface area contributed by atoms with E-state index >= 15 is 0 Å². The van der Waals surface area contributed by atoms with E-state index in [-0.39, 0.29) is 22.6 Å². The van der Waals surface area contributed by atoms with Crippen molar-refractivity contribution in [2.24, 2.45) is 0 Å². The molecule has 0 radical (unpaired) electrons. The van der Waals surface area contributed by atoms with Crippen LogP contribution in [0.3, 0.4) is 0 Å². The van der Waals surface area contributed by atoms with Crippen LogP contribution >= 0.6 is 11.6 Å². The molecule has 1 aliphatic carbocycles. The lowest BCUT2D eigenvalue weighted by Gasteiger charge is -2.26. The minimum atomic E-state index is -4.72. The van der Waals surface area contributed by atoms with E-state index < -0.39 is 39.9 Å². The van der Waals surface area contributed by atoms with Crippen molar-refractivity contribution in [1.82, 2.24) is 5.32 Å². The highest BCUT2D eigenvalue weighted by atomic mass is 35.5. The van der Waals surface area contributed by atoms with Gasteiger partial charge in [0, 0.05) is 13.2 Å². The van der Waals surface area contributed by atoms with E-state index in [0.717, 1.165) is 37.8 Å². The first-order chi connectivity index (χ1) is 16.6. The number of anilines is 1. The van der Waals surface area contributed by atoms with Crippen LogP contribution < -0.4 is 9.62 Å². The molecule has 0 bridgehead atoms. The molecule has 35 heavy (non-hydrogen) atoms. The summed E-state index contributed by atoms with van der Waals surface area (Å²) in [5.41, 5.74) is -1.51. The number of halogens is 4. The Morgan fingerprint density at radius 3 is 2.43 bits per heavy atom. The summed E-state index contributed by atoms with van der Waals surface area (Å²) in [7, 11) is -4.39. The molecule has 11 heteroatoms. The van der Waals surface area contributed by atoms with Crippen molar-refractivity contribution in [1.29, 1.82) is 0 Å². The first-order valence-electron chi connectivity index (χ1n) is 11.4.